The van der Waals surface area contributed by atoms with Crippen LogP contribution in [0.4, 0.5) is 0 Å². The summed E-state index contributed by atoms with van der Waals surface area (Å²) in [6, 6.07) is 18.0. The molecule has 3 aromatic rings. The lowest BCUT2D eigenvalue weighted by molar-refractivity contribution is -0.131. The summed E-state index contributed by atoms with van der Waals surface area (Å²) in [4.78, 5) is 23.8. The Labute approximate surface area is 171 Å². The number of pyridine rings is 2. The number of aromatic nitrogens is 2. The smallest absolute Gasteiger partial charge is 0.227 e. The zero-order chi connectivity index (χ0) is 20.1. The number of amides is 1. The van der Waals surface area contributed by atoms with Gasteiger partial charge in [0.15, 0.2) is 0 Å². The van der Waals surface area contributed by atoms with Crippen LogP contribution in [0.1, 0.15) is 41.4 Å². The Morgan fingerprint density at radius 3 is 2.76 bits per heavy atom. The van der Waals surface area contributed by atoms with Gasteiger partial charge in [-0.1, -0.05) is 18.2 Å². The van der Waals surface area contributed by atoms with Gasteiger partial charge in [0, 0.05) is 31.1 Å². The number of rotatable bonds is 6. The van der Waals surface area contributed by atoms with Crippen LogP contribution in [0, 0.1) is 0 Å². The van der Waals surface area contributed by atoms with Crippen molar-refractivity contribution in [1.29, 1.82) is 0 Å². The van der Waals surface area contributed by atoms with Crippen LogP contribution in [0.15, 0.2) is 67.0 Å². The van der Waals surface area contributed by atoms with E-state index >= 15 is 0 Å². The summed E-state index contributed by atoms with van der Waals surface area (Å²) >= 11 is 0. The molecule has 0 bridgehead atoms. The zero-order valence-corrected chi connectivity index (χ0v) is 16.6. The summed E-state index contributed by atoms with van der Waals surface area (Å²) in [6.07, 6.45) is 6.57. The zero-order valence-electron chi connectivity index (χ0n) is 16.6. The summed E-state index contributed by atoms with van der Waals surface area (Å²) in [5.41, 5.74) is 4.14. The van der Waals surface area contributed by atoms with Gasteiger partial charge in [-0.2, -0.15) is 0 Å². The number of ether oxygens (including phenoxy) is 1. The molecule has 1 aliphatic rings. The van der Waals surface area contributed by atoms with E-state index in [-0.39, 0.29) is 11.9 Å². The maximum Gasteiger partial charge on any atom is 0.227 e. The molecule has 1 aromatic carbocycles. The van der Waals surface area contributed by atoms with Gasteiger partial charge in [-0.05, 0) is 60.4 Å². The Balaban J connectivity index is 1.49. The second-order valence-electron chi connectivity index (χ2n) is 7.36. The second kappa shape index (κ2) is 8.86. The number of nitrogens with zero attached hydrogens (tertiary/aromatic N) is 3. The molecule has 0 saturated carbocycles. The first-order chi connectivity index (χ1) is 14.2. The van der Waals surface area contributed by atoms with Gasteiger partial charge in [-0.3, -0.25) is 14.8 Å². The van der Waals surface area contributed by atoms with Gasteiger partial charge in [-0.15, -0.1) is 0 Å². The number of methoxy groups -OCH3 is 1. The average molecular weight is 387 g/mol. The van der Waals surface area contributed by atoms with E-state index in [4.69, 9.17) is 9.72 Å². The largest absolute Gasteiger partial charge is 0.497 e. The Hall–Kier alpha value is -3.21. The molecule has 1 aliphatic heterocycles. The fraction of sp³-hybridized carbons (Fsp3) is 0.292. The first-order valence-electron chi connectivity index (χ1n) is 10.00. The maximum absolute atomic E-state index is 12.9. The number of likely N-dealkylation sites (tertiary alicyclic amines) is 1. The van der Waals surface area contributed by atoms with Gasteiger partial charge in [-0.25, -0.2) is 0 Å². The molecule has 1 atom stereocenters. The molecule has 3 heterocycles. The quantitative estimate of drug-likeness (QED) is 0.642. The maximum atomic E-state index is 12.9. The molecule has 148 valence electrons. The van der Waals surface area contributed by atoms with Crippen LogP contribution in [0.2, 0.25) is 0 Å². The Kier molecular flexibility index (Phi) is 5.84. The molecule has 1 fully saturated rings. The summed E-state index contributed by atoms with van der Waals surface area (Å²) in [7, 11) is 1.68. The minimum Gasteiger partial charge on any atom is -0.497 e. The minimum absolute atomic E-state index is 0.0506. The van der Waals surface area contributed by atoms with Gasteiger partial charge in [0.1, 0.15) is 5.75 Å². The Morgan fingerprint density at radius 2 is 1.93 bits per heavy atom. The predicted molar refractivity (Wildman–Crippen MR) is 112 cm³/mol. The van der Waals surface area contributed by atoms with Crippen molar-refractivity contribution in [2.75, 3.05) is 13.7 Å². The second-order valence-corrected chi connectivity index (χ2v) is 7.36. The van der Waals surface area contributed by atoms with Gasteiger partial charge in [0.2, 0.25) is 5.91 Å². The predicted octanol–water partition coefficient (Wildman–Crippen LogP) is 3.98. The Bertz CT molecular complexity index is 975. The van der Waals surface area contributed by atoms with E-state index in [1.165, 1.54) is 0 Å². The molecule has 5 nitrogen and oxygen atoms in total. The SMILES string of the molecule is COc1cccc(Cc2cccc([C@@H]3CCCN3C(=O)Cc3ccncc3)n2)c1. The number of carbonyl (C=O) groups excluding carboxylic acids is 1. The number of hydrogen-bond acceptors (Lipinski definition) is 4. The first kappa shape index (κ1) is 19.1. The fourth-order valence-corrected chi connectivity index (χ4v) is 3.92. The number of carbonyl (C=O) groups is 1. The lowest BCUT2D eigenvalue weighted by Gasteiger charge is -2.25. The summed E-state index contributed by atoms with van der Waals surface area (Å²) in [6.45, 7) is 0.788. The molecule has 2 aromatic heterocycles. The fourth-order valence-electron chi connectivity index (χ4n) is 3.92. The van der Waals surface area contributed by atoms with Gasteiger partial charge in [0.05, 0.1) is 25.3 Å². The molecule has 0 spiro atoms. The summed E-state index contributed by atoms with van der Waals surface area (Å²) in [5, 5.41) is 0. The van der Waals surface area contributed by atoms with Crippen molar-refractivity contribution in [3.05, 3.63) is 89.5 Å². The van der Waals surface area contributed by atoms with Crippen LogP contribution in [-0.4, -0.2) is 34.4 Å². The third kappa shape index (κ3) is 4.62. The van der Waals surface area contributed by atoms with Crippen LogP contribution in [-0.2, 0) is 17.6 Å². The van der Waals surface area contributed by atoms with Crippen molar-refractivity contribution < 1.29 is 9.53 Å². The topological polar surface area (TPSA) is 55.3 Å². The van der Waals surface area contributed by atoms with Crippen LogP contribution in [0.25, 0.3) is 0 Å². The van der Waals surface area contributed by atoms with Crippen molar-refractivity contribution in [2.45, 2.75) is 31.7 Å². The molecule has 29 heavy (non-hydrogen) atoms. The van der Waals surface area contributed by atoms with E-state index in [0.29, 0.717) is 6.42 Å². The highest BCUT2D eigenvalue weighted by Crippen LogP contribution is 2.31. The molecular weight excluding hydrogens is 362 g/mol. The summed E-state index contributed by atoms with van der Waals surface area (Å²) in [5.74, 6) is 1.00. The molecular formula is C24H25N3O2. The van der Waals surface area contributed by atoms with Gasteiger partial charge < -0.3 is 9.64 Å². The molecule has 5 heteroatoms. The third-order valence-corrected chi connectivity index (χ3v) is 5.37. The molecule has 0 unspecified atom stereocenters. The van der Waals surface area contributed by atoms with E-state index in [0.717, 1.165) is 54.1 Å². The third-order valence-electron chi connectivity index (χ3n) is 5.37. The highest BCUT2D eigenvalue weighted by atomic mass is 16.5. The van der Waals surface area contributed by atoms with Crippen molar-refractivity contribution in [1.82, 2.24) is 14.9 Å². The van der Waals surface area contributed by atoms with Gasteiger partial charge >= 0.3 is 0 Å². The molecule has 0 aliphatic carbocycles. The van der Waals surface area contributed by atoms with E-state index in [1.807, 2.05) is 53.4 Å². The first-order valence-corrected chi connectivity index (χ1v) is 10.00. The van der Waals surface area contributed by atoms with Crippen molar-refractivity contribution >= 4 is 5.91 Å². The van der Waals surface area contributed by atoms with E-state index in [9.17, 15) is 4.79 Å². The molecule has 0 N–H and O–H groups in total. The van der Waals surface area contributed by atoms with Crippen LogP contribution < -0.4 is 4.74 Å². The molecule has 1 saturated heterocycles. The summed E-state index contributed by atoms with van der Waals surface area (Å²) < 4.78 is 5.32. The van der Waals surface area contributed by atoms with Crippen LogP contribution in [0.3, 0.4) is 0 Å². The van der Waals surface area contributed by atoms with E-state index in [1.54, 1.807) is 19.5 Å². The minimum atomic E-state index is 0.0506. The standard InChI is InChI=1S/C24H25N3O2/c1-29-21-7-2-5-19(16-21)15-20-6-3-8-22(26-20)23-9-4-14-27(23)24(28)17-18-10-12-25-13-11-18/h2-3,5-8,10-13,16,23H,4,9,14-15,17H2,1H3/t23-/m0/s1. The average Bonchev–Trinajstić information content (AvgIpc) is 3.25. The van der Waals surface area contributed by atoms with Crippen molar-refractivity contribution in [2.24, 2.45) is 0 Å². The number of benzene rings is 1. The Morgan fingerprint density at radius 1 is 1.10 bits per heavy atom. The highest BCUT2D eigenvalue weighted by molar-refractivity contribution is 5.79. The van der Waals surface area contributed by atoms with Crippen LogP contribution in [0.5, 0.6) is 5.75 Å². The molecule has 1 amide bonds. The number of hydrogen-bond donors (Lipinski definition) is 0. The van der Waals surface area contributed by atoms with E-state index in [2.05, 4.69) is 11.1 Å². The van der Waals surface area contributed by atoms with Crippen LogP contribution >= 0.6 is 0 Å². The van der Waals surface area contributed by atoms with Crippen molar-refractivity contribution in [3.8, 4) is 5.75 Å². The lowest BCUT2D eigenvalue weighted by atomic mass is 10.1. The molecule has 0 radical (unpaired) electrons. The highest BCUT2D eigenvalue weighted by Gasteiger charge is 2.30. The van der Waals surface area contributed by atoms with Crippen molar-refractivity contribution in [3.63, 3.8) is 0 Å². The lowest BCUT2D eigenvalue weighted by Crippen LogP contribution is -2.32. The van der Waals surface area contributed by atoms with E-state index < -0.39 is 0 Å². The molecule has 4 rings (SSSR count). The normalized spacial score (nSPS) is 16.0. The van der Waals surface area contributed by atoms with Gasteiger partial charge in [0.25, 0.3) is 0 Å². The monoisotopic (exact) mass is 387 g/mol.